The lowest BCUT2D eigenvalue weighted by atomic mass is 9.88. The predicted molar refractivity (Wildman–Crippen MR) is 92.8 cm³/mol. The molecule has 124 valence electrons. The van der Waals surface area contributed by atoms with Crippen LogP contribution in [0, 0.1) is 12.8 Å². The number of ether oxygens (including phenoxy) is 1. The molecule has 1 amide bonds. The largest absolute Gasteiger partial charge is 0.465 e. The average Bonchev–Trinajstić information content (AvgIpc) is 2.96. The van der Waals surface area contributed by atoms with Gasteiger partial charge in [0.15, 0.2) is 0 Å². The molecular weight excluding hydrogens is 310 g/mol. The molecular formula is C18H23NO3S. The third-order valence-electron chi connectivity index (χ3n) is 4.83. The van der Waals surface area contributed by atoms with E-state index in [1.165, 1.54) is 39.2 Å². The molecule has 23 heavy (non-hydrogen) atoms. The second-order valence-corrected chi connectivity index (χ2v) is 7.46. The second kappa shape index (κ2) is 6.95. The molecule has 2 aliphatic rings. The van der Waals surface area contributed by atoms with Gasteiger partial charge in [0.2, 0.25) is 5.91 Å². The Bertz CT molecular complexity index is 610. The minimum Gasteiger partial charge on any atom is -0.465 e. The molecule has 1 aliphatic carbocycles. The number of thioether (sulfide) groups is 1. The highest BCUT2D eigenvalue weighted by Gasteiger charge is 2.39. The van der Waals surface area contributed by atoms with Crippen molar-refractivity contribution >= 4 is 29.3 Å². The van der Waals surface area contributed by atoms with Gasteiger partial charge in [0, 0.05) is 5.69 Å². The van der Waals surface area contributed by atoms with Crippen molar-refractivity contribution in [1.29, 1.82) is 0 Å². The third-order valence-corrected chi connectivity index (χ3v) is 6.18. The van der Waals surface area contributed by atoms with Gasteiger partial charge in [0.05, 0.1) is 23.8 Å². The Hall–Kier alpha value is -1.49. The summed E-state index contributed by atoms with van der Waals surface area (Å²) in [5, 5.41) is 0.241. The van der Waals surface area contributed by atoms with E-state index >= 15 is 0 Å². The molecule has 4 nitrogen and oxygen atoms in total. The van der Waals surface area contributed by atoms with Gasteiger partial charge < -0.3 is 4.74 Å². The lowest BCUT2D eigenvalue weighted by molar-refractivity contribution is -0.116. The number of nitrogens with zero attached hydrogens (tertiary/aromatic N) is 1. The summed E-state index contributed by atoms with van der Waals surface area (Å²) in [6, 6.07) is 5.46. The summed E-state index contributed by atoms with van der Waals surface area (Å²) >= 11 is 1.77. The molecule has 1 heterocycles. The molecule has 0 radical (unpaired) electrons. The van der Waals surface area contributed by atoms with Gasteiger partial charge >= 0.3 is 5.97 Å². The molecule has 1 atom stereocenters. The molecule has 1 aliphatic heterocycles. The standard InChI is InChI=1S/C18H23NO3S/c1-12-10-14(18(21)22-2)8-9-15(12)19-16(20)11-23-17(19)13-6-4-3-5-7-13/h8-10,13,17H,3-7,11H2,1-2H3. The predicted octanol–water partition coefficient (Wildman–Crippen LogP) is 3.77. The van der Waals surface area contributed by atoms with E-state index in [0.717, 1.165) is 11.3 Å². The highest BCUT2D eigenvalue weighted by atomic mass is 32.2. The van der Waals surface area contributed by atoms with E-state index in [2.05, 4.69) is 0 Å². The number of carbonyl (C=O) groups excluding carboxylic acids is 2. The number of benzene rings is 1. The van der Waals surface area contributed by atoms with E-state index in [-0.39, 0.29) is 17.3 Å². The van der Waals surface area contributed by atoms with Crippen LogP contribution in [0.3, 0.4) is 0 Å². The molecule has 5 heteroatoms. The lowest BCUT2D eigenvalue weighted by Crippen LogP contribution is -2.38. The Morgan fingerprint density at radius 1 is 1.26 bits per heavy atom. The Morgan fingerprint density at radius 3 is 2.65 bits per heavy atom. The molecule has 1 aromatic carbocycles. The number of esters is 1. The Balaban J connectivity index is 1.88. The molecule has 1 saturated heterocycles. The molecule has 1 saturated carbocycles. The minimum atomic E-state index is -0.342. The number of rotatable bonds is 3. The van der Waals surface area contributed by atoms with Crippen LogP contribution in [0.25, 0.3) is 0 Å². The average molecular weight is 333 g/mol. The van der Waals surface area contributed by atoms with Crippen LogP contribution in [0.15, 0.2) is 18.2 Å². The van der Waals surface area contributed by atoms with Crippen molar-refractivity contribution in [3.8, 4) is 0 Å². The fourth-order valence-corrected chi connectivity index (χ4v) is 5.03. The SMILES string of the molecule is COC(=O)c1ccc(N2C(=O)CSC2C2CCCCC2)c(C)c1. The zero-order valence-electron chi connectivity index (χ0n) is 13.7. The molecule has 2 fully saturated rings. The van der Waals surface area contributed by atoms with E-state index in [9.17, 15) is 9.59 Å². The zero-order chi connectivity index (χ0) is 16.4. The number of amides is 1. The van der Waals surface area contributed by atoms with Gasteiger partial charge in [-0.25, -0.2) is 4.79 Å². The number of anilines is 1. The summed E-state index contributed by atoms with van der Waals surface area (Å²) in [6.07, 6.45) is 6.27. The summed E-state index contributed by atoms with van der Waals surface area (Å²) < 4.78 is 4.77. The van der Waals surface area contributed by atoms with Gasteiger partial charge in [-0.15, -0.1) is 11.8 Å². The van der Waals surface area contributed by atoms with Crippen LogP contribution >= 0.6 is 11.8 Å². The van der Waals surface area contributed by atoms with Gasteiger partial charge in [-0.1, -0.05) is 19.3 Å². The summed E-state index contributed by atoms with van der Waals surface area (Å²) in [4.78, 5) is 26.1. The van der Waals surface area contributed by atoms with Crippen molar-refractivity contribution < 1.29 is 14.3 Å². The van der Waals surface area contributed by atoms with Crippen LogP contribution in [-0.2, 0) is 9.53 Å². The Kier molecular flexibility index (Phi) is 4.95. The molecule has 1 unspecified atom stereocenters. The first kappa shape index (κ1) is 16.4. The van der Waals surface area contributed by atoms with Crippen molar-refractivity contribution in [3.63, 3.8) is 0 Å². The van der Waals surface area contributed by atoms with Crippen LogP contribution in [0.2, 0.25) is 0 Å². The lowest BCUT2D eigenvalue weighted by Gasteiger charge is -2.34. The minimum absolute atomic E-state index is 0.180. The van der Waals surface area contributed by atoms with Crippen LogP contribution in [0.1, 0.15) is 48.0 Å². The maximum atomic E-state index is 12.5. The zero-order valence-corrected chi connectivity index (χ0v) is 14.5. The van der Waals surface area contributed by atoms with Crippen LogP contribution in [0.5, 0.6) is 0 Å². The van der Waals surface area contributed by atoms with Gasteiger partial charge in [-0.05, 0) is 49.4 Å². The molecule has 0 N–H and O–H groups in total. The van der Waals surface area contributed by atoms with Crippen molar-refractivity contribution in [2.24, 2.45) is 5.92 Å². The topological polar surface area (TPSA) is 46.6 Å². The molecule has 0 bridgehead atoms. The van der Waals surface area contributed by atoms with Crippen LogP contribution < -0.4 is 4.90 Å². The monoisotopic (exact) mass is 333 g/mol. The van der Waals surface area contributed by atoms with Gasteiger partial charge in [0.1, 0.15) is 0 Å². The van der Waals surface area contributed by atoms with Crippen molar-refractivity contribution in [1.82, 2.24) is 0 Å². The van der Waals surface area contributed by atoms with Crippen LogP contribution in [-0.4, -0.2) is 30.1 Å². The summed E-state index contributed by atoms with van der Waals surface area (Å²) in [5.74, 6) is 0.976. The maximum Gasteiger partial charge on any atom is 0.337 e. The molecule has 0 aromatic heterocycles. The first-order chi connectivity index (χ1) is 11.1. The fraction of sp³-hybridized carbons (Fsp3) is 0.556. The Morgan fingerprint density at radius 2 is 2.00 bits per heavy atom. The number of hydrogen-bond donors (Lipinski definition) is 0. The van der Waals surface area contributed by atoms with Gasteiger partial charge in [-0.2, -0.15) is 0 Å². The van der Waals surface area contributed by atoms with Gasteiger partial charge in [0.25, 0.3) is 0 Å². The summed E-state index contributed by atoms with van der Waals surface area (Å²) in [5.41, 5.74) is 2.41. The first-order valence-electron chi connectivity index (χ1n) is 8.24. The maximum absolute atomic E-state index is 12.5. The summed E-state index contributed by atoms with van der Waals surface area (Å²) in [7, 11) is 1.38. The molecule has 1 aromatic rings. The Labute approximate surface area is 141 Å². The molecule has 3 rings (SSSR count). The smallest absolute Gasteiger partial charge is 0.337 e. The molecule has 0 spiro atoms. The van der Waals surface area contributed by atoms with E-state index in [0.29, 0.717) is 17.2 Å². The van der Waals surface area contributed by atoms with E-state index in [1.807, 2.05) is 24.0 Å². The quantitative estimate of drug-likeness (QED) is 0.790. The third kappa shape index (κ3) is 3.25. The van der Waals surface area contributed by atoms with Gasteiger partial charge in [-0.3, -0.25) is 9.69 Å². The van der Waals surface area contributed by atoms with Crippen LogP contribution in [0.4, 0.5) is 5.69 Å². The van der Waals surface area contributed by atoms with E-state index in [1.54, 1.807) is 17.8 Å². The van der Waals surface area contributed by atoms with Crippen molar-refractivity contribution in [3.05, 3.63) is 29.3 Å². The second-order valence-electron chi connectivity index (χ2n) is 6.36. The number of carbonyl (C=O) groups is 2. The van der Waals surface area contributed by atoms with Crippen molar-refractivity contribution in [2.75, 3.05) is 17.8 Å². The highest BCUT2D eigenvalue weighted by Crippen LogP contribution is 2.41. The number of aryl methyl sites for hydroxylation is 1. The summed E-state index contributed by atoms with van der Waals surface area (Å²) in [6.45, 7) is 1.95. The normalized spacial score (nSPS) is 22.4. The van der Waals surface area contributed by atoms with E-state index in [4.69, 9.17) is 4.74 Å². The number of methoxy groups -OCH3 is 1. The van der Waals surface area contributed by atoms with E-state index < -0.39 is 0 Å². The fourth-order valence-electron chi connectivity index (χ4n) is 3.65. The van der Waals surface area contributed by atoms with Crippen molar-refractivity contribution in [2.45, 2.75) is 44.4 Å². The highest BCUT2D eigenvalue weighted by molar-refractivity contribution is 8.01. The number of hydrogen-bond acceptors (Lipinski definition) is 4. The first-order valence-corrected chi connectivity index (χ1v) is 9.29.